The van der Waals surface area contributed by atoms with Gasteiger partial charge in [-0.25, -0.2) is 9.79 Å². The van der Waals surface area contributed by atoms with Gasteiger partial charge < -0.3 is 13.7 Å². The van der Waals surface area contributed by atoms with E-state index in [9.17, 15) is 13.2 Å². The van der Waals surface area contributed by atoms with Gasteiger partial charge in [-0.1, -0.05) is 30.3 Å². The molecule has 1 aliphatic heterocycles. The van der Waals surface area contributed by atoms with Crippen molar-refractivity contribution in [3.8, 4) is 11.5 Å². The Bertz CT molecular complexity index is 1260. The zero-order valence-electron chi connectivity index (χ0n) is 16.4. The van der Waals surface area contributed by atoms with Gasteiger partial charge in [0.15, 0.2) is 5.70 Å². The Morgan fingerprint density at radius 3 is 2.16 bits per heavy atom. The van der Waals surface area contributed by atoms with Crippen LogP contribution in [0.25, 0.3) is 6.08 Å². The molecule has 0 radical (unpaired) electrons. The molecule has 31 heavy (non-hydrogen) atoms. The van der Waals surface area contributed by atoms with Crippen molar-refractivity contribution in [2.75, 3.05) is 7.11 Å². The summed E-state index contributed by atoms with van der Waals surface area (Å²) in [4.78, 5) is 16.5. The van der Waals surface area contributed by atoms with Crippen LogP contribution in [-0.4, -0.2) is 27.4 Å². The molecule has 0 unspecified atom stereocenters. The second-order valence-electron chi connectivity index (χ2n) is 6.48. The average molecular weight is 435 g/mol. The van der Waals surface area contributed by atoms with Crippen LogP contribution in [0.2, 0.25) is 0 Å². The number of carbonyl (C=O) groups excluding carboxylic acids is 1. The van der Waals surface area contributed by atoms with Crippen molar-refractivity contribution in [1.29, 1.82) is 0 Å². The van der Waals surface area contributed by atoms with Crippen LogP contribution in [0.15, 0.2) is 94.4 Å². The molecule has 0 fully saturated rings. The highest BCUT2D eigenvalue weighted by molar-refractivity contribution is 7.87. The number of ether oxygens (including phenoxy) is 2. The van der Waals surface area contributed by atoms with E-state index in [0.717, 1.165) is 0 Å². The zero-order chi connectivity index (χ0) is 21.8. The van der Waals surface area contributed by atoms with Gasteiger partial charge in [0, 0.05) is 5.56 Å². The van der Waals surface area contributed by atoms with Crippen LogP contribution in [0.3, 0.4) is 0 Å². The van der Waals surface area contributed by atoms with Crippen LogP contribution >= 0.6 is 0 Å². The molecule has 7 nitrogen and oxygen atoms in total. The van der Waals surface area contributed by atoms with Crippen LogP contribution in [0, 0.1) is 0 Å². The zero-order valence-corrected chi connectivity index (χ0v) is 17.2. The van der Waals surface area contributed by atoms with Gasteiger partial charge in [-0.05, 0) is 60.2 Å². The summed E-state index contributed by atoms with van der Waals surface area (Å²) in [5.74, 6) is 0.467. The van der Waals surface area contributed by atoms with E-state index >= 15 is 0 Å². The first kappa shape index (κ1) is 20.4. The monoisotopic (exact) mass is 435 g/mol. The second-order valence-corrected chi connectivity index (χ2v) is 8.03. The molecule has 8 heteroatoms. The molecule has 0 aromatic heterocycles. The largest absolute Gasteiger partial charge is 0.497 e. The predicted molar refractivity (Wildman–Crippen MR) is 114 cm³/mol. The van der Waals surface area contributed by atoms with Crippen molar-refractivity contribution in [1.82, 2.24) is 0 Å². The van der Waals surface area contributed by atoms with Crippen molar-refractivity contribution in [2.24, 2.45) is 4.99 Å². The Morgan fingerprint density at radius 2 is 1.52 bits per heavy atom. The first-order chi connectivity index (χ1) is 14.9. The minimum absolute atomic E-state index is 0.0651. The van der Waals surface area contributed by atoms with Gasteiger partial charge in [-0.2, -0.15) is 8.42 Å². The number of cyclic esters (lactones) is 1. The maximum absolute atomic E-state index is 12.3. The Hall–Kier alpha value is -3.91. The van der Waals surface area contributed by atoms with E-state index in [-0.39, 0.29) is 22.2 Å². The molecule has 4 rings (SSSR count). The molecule has 156 valence electrons. The smallest absolute Gasteiger partial charge is 0.363 e. The van der Waals surface area contributed by atoms with Crippen molar-refractivity contribution < 1.29 is 26.9 Å². The summed E-state index contributed by atoms with van der Waals surface area (Å²) in [5.41, 5.74) is 1.42. The molecule has 0 aliphatic carbocycles. The summed E-state index contributed by atoms with van der Waals surface area (Å²) in [6, 6.07) is 21.1. The molecule has 0 spiro atoms. The van der Waals surface area contributed by atoms with Gasteiger partial charge in [-0.3, -0.25) is 0 Å². The fourth-order valence-electron chi connectivity index (χ4n) is 2.81. The molecular formula is C23H17NO6S. The number of carbonyl (C=O) groups is 1. The van der Waals surface area contributed by atoms with E-state index in [0.29, 0.717) is 16.9 Å². The number of esters is 1. The molecule has 0 N–H and O–H groups in total. The van der Waals surface area contributed by atoms with Crippen molar-refractivity contribution in [3.05, 3.63) is 95.7 Å². The van der Waals surface area contributed by atoms with Crippen LogP contribution in [0.5, 0.6) is 11.5 Å². The lowest BCUT2D eigenvalue weighted by Crippen LogP contribution is -2.09. The van der Waals surface area contributed by atoms with Crippen molar-refractivity contribution in [3.63, 3.8) is 0 Å². The quantitative estimate of drug-likeness (QED) is 0.332. The van der Waals surface area contributed by atoms with E-state index < -0.39 is 16.1 Å². The molecule has 1 heterocycles. The van der Waals surface area contributed by atoms with E-state index in [2.05, 4.69) is 4.99 Å². The third kappa shape index (κ3) is 4.65. The molecule has 3 aromatic rings. The topological polar surface area (TPSA) is 91.3 Å². The first-order valence-electron chi connectivity index (χ1n) is 9.21. The summed E-state index contributed by atoms with van der Waals surface area (Å²) in [7, 11) is -2.35. The summed E-state index contributed by atoms with van der Waals surface area (Å²) < 4.78 is 40.1. The molecule has 3 aromatic carbocycles. The third-order valence-electron chi connectivity index (χ3n) is 4.38. The average Bonchev–Trinajstić information content (AvgIpc) is 3.16. The van der Waals surface area contributed by atoms with Gasteiger partial charge in [-0.15, -0.1) is 0 Å². The lowest BCUT2D eigenvalue weighted by molar-refractivity contribution is -0.129. The van der Waals surface area contributed by atoms with Gasteiger partial charge >= 0.3 is 16.1 Å². The number of nitrogens with zero attached hydrogens (tertiary/aromatic N) is 1. The second kappa shape index (κ2) is 8.45. The number of aliphatic imine (C=N–C) groups is 1. The first-order valence-corrected chi connectivity index (χ1v) is 10.6. The molecule has 0 bridgehead atoms. The Labute approximate surface area is 179 Å². The lowest BCUT2D eigenvalue weighted by Gasteiger charge is -2.07. The number of hydrogen-bond donors (Lipinski definition) is 0. The molecule has 0 saturated carbocycles. The van der Waals surface area contributed by atoms with Gasteiger partial charge in [0.1, 0.15) is 16.4 Å². The SMILES string of the molecule is COc1ccc(C2=NC(=Cc3ccc(OS(=O)(=O)c4ccccc4)cc3)C(=O)O2)cc1. The number of methoxy groups -OCH3 is 1. The number of hydrogen-bond acceptors (Lipinski definition) is 7. The minimum Gasteiger partial charge on any atom is -0.497 e. The Morgan fingerprint density at radius 1 is 0.871 bits per heavy atom. The maximum Gasteiger partial charge on any atom is 0.363 e. The highest BCUT2D eigenvalue weighted by Gasteiger charge is 2.24. The van der Waals surface area contributed by atoms with E-state index in [4.69, 9.17) is 13.7 Å². The fraction of sp³-hybridized carbons (Fsp3) is 0.0435. The molecular weight excluding hydrogens is 418 g/mol. The molecule has 1 aliphatic rings. The van der Waals surface area contributed by atoms with Crippen LogP contribution in [0.4, 0.5) is 0 Å². The maximum atomic E-state index is 12.3. The molecule has 0 saturated heterocycles. The fourth-order valence-corrected chi connectivity index (χ4v) is 3.76. The van der Waals surface area contributed by atoms with E-state index in [1.807, 2.05) is 0 Å². The van der Waals surface area contributed by atoms with Crippen molar-refractivity contribution in [2.45, 2.75) is 4.90 Å². The van der Waals surface area contributed by atoms with Gasteiger partial charge in [0.25, 0.3) is 0 Å². The normalized spacial score (nSPS) is 14.8. The summed E-state index contributed by atoms with van der Waals surface area (Å²) in [6.45, 7) is 0. The van der Waals surface area contributed by atoms with Crippen LogP contribution in [-0.2, 0) is 19.6 Å². The predicted octanol–water partition coefficient (Wildman–Crippen LogP) is 3.81. The van der Waals surface area contributed by atoms with E-state index in [1.54, 1.807) is 67.8 Å². The standard InChI is InChI=1S/C23H17NO6S/c1-28-18-13-9-17(10-14-18)22-24-21(23(25)29-22)15-16-7-11-19(12-8-16)30-31(26,27)20-5-3-2-4-6-20/h2-15H,1H3. The molecule has 0 atom stereocenters. The van der Waals surface area contributed by atoms with Crippen molar-refractivity contribution >= 4 is 28.1 Å². The van der Waals surface area contributed by atoms with Crippen LogP contribution in [0.1, 0.15) is 11.1 Å². The van der Waals surface area contributed by atoms with Gasteiger partial charge in [0.2, 0.25) is 5.90 Å². The van der Waals surface area contributed by atoms with E-state index in [1.165, 1.54) is 24.3 Å². The number of benzene rings is 3. The highest BCUT2D eigenvalue weighted by atomic mass is 32.2. The Balaban J connectivity index is 1.51. The molecule has 0 amide bonds. The Kier molecular flexibility index (Phi) is 5.55. The summed E-state index contributed by atoms with van der Waals surface area (Å²) in [6.07, 6.45) is 1.55. The lowest BCUT2D eigenvalue weighted by atomic mass is 10.2. The summed E-state index contributed by atoms with van der Waals surface area (Å²) in [5, 5.41) is 0. The van der Waals surface area contributed by atoms with Crippen LogP contribution < -0.4 is 8.92 Å². The summed E-state index contributed by atoms with van der Waals surface area (Å²) >= 11 is 0. The number of rotatable bonds is 6. The third-order valence-corrected chi connectivity index (χ3v) is 5.64. The minimum atomic E-state index is -3.92. The highest BCUT2D eigenvalue weighted by Crippen LogP contribution is 2.23. The van der Waals surface area contributed by atoms with Gasteiger partial charge in [0.05, 0.1) is 7.11 Å².